The molecule has 0 radical (unpaired) electrons. The molecule has 0 aliphatic heterocycles. The predicted molar refractivity (Wildman–Crippen MR) is 133 cm³/mol. The molecule has 0 atom stereocenters. The van der Waals surface area contributed by atoms with Crippen LogP contribution in [0, 0.1) is 6.92 Å². The van der Waals surface area contributed by atoms with Crippen molar-refractivity contribution in [3.05, 3.63) is 88.2 Å². The van der Waals surface area contributed by atoms with Gasteiger partial charge in [0.1, 0.15) is 0 Å². The van der Waals surface area contributed by atoms with Crippen LogP contribution in [0.15, 0.2) is 76.6 Å². The number of fused-ring (bicyclic) bond motifs is 1. The first-order valence-electron chi connectivity index (χ1n) is 10.7. The van der Waals surface area contributed by atoms with Gasteiger partial charge in [-0.05, 0) is 68.3 Å². The summed E-state index contributed by atoms with van der Waals surface area (Å²) in [6.07, 6.45) is 0.904. The fraction of sp³-hybridized carbons (Fsp3) is 0.200. The number of amides is 1. The number of hydrogen-bond donors (Lipinski definition) is 1. The van der Waals surface area contributed by atoms with Crippen LogP contribution in [0.2, 0.25) is 0 Å². The van der Waals surface area contributed by atoms with Crippen molar-refractivity contribution in [2.24, 2.45) is 4.99 Å². The predicted octanol–water partition coefficient (Wildman–Crippen LogP) is 5.14. The highest BCUT2D eigenvalue weighted by Gasteiger charge is 2.15. The van der Waals surface area contributed by atoms with Crippen molar-refractivity contribution < 1.29 is 13.2 Å². The fourth-order valence-electron chi connectivity index (χ4n) is 3.63. The summed E-state index contributed by atoms with van der Waals surface area (Å²) >= 11 is 1.49. The fourth-order valence-corrected chi connectivity index (χ4v) is 5.83. The first-order valence-corrected chi connectivity index (χ1v) is 13.0. The maximum atomic E-state index is 12.9. The number of para-hydroxylation sites is 1. The van der Waals surface area contributed by atoms with Gasteiger partial charge in [0.2, 0.25) is 0 Å². The van der Waals surface area contributed by atoms with E-state index in [9.17, 15) is 13.2 Å². The van der Waals surface area contributed by atoms with Gasteiger partial charge in [-0.2, -0.15) is 4.99 Å². The van der Waals surface area contributed by atoms with Crippen LogP contribution in [-0.2, 0) is 23.0 Å². The Labute approximate surface area is 197 Å². The average molecular weight is 480 g/mol. The largest absolute Gasteiger partial charge is 0.316 e. The summed E-state index contributed by atoms with van der Waals surface area (Å²) in [4.78, 5) is 18.1. The molecule has 0 aliphatic rings. The summed E-state index contributed by atoms with van der Waals surface area (Å²) < 4.78 is 30.9. The van der Waals surface area contributed by atoms with Crippen LogP contribution in [0.25, 0.3) is 10.2 Å². The Hall–Kier alpha value is -3.23. The number of thiazole rings is 1. The molecule has 0 bridgehead atoms. The molecule has 1 aromatic heterocycles. The van der Waals surface area contributed by atoms with Gasteiger partial charge in [-0.25, -0.2) is 8.42 Å². The second-order valence-electron chi connectivity index (χ2n) is 7.66. The molecule has 170 valence electrons. The number of rotatable bonds is 6. The number of aryl methyl sites for hydroxylation is 3. The number of sulfonamides is 1. The summed E-state index contributed by atoms with van der Waals surface area (Å²) in [7, 11) is -3.70. The van der Waals surface area contributed by atoms with E-state index in [-0.39, 0.29) is 10.8 Å². The third-order valence-electron chi connectivity index (χ3n) is 5.39. The number of carbonyl (C=O) groups is 1. The van der Waals surface area contributed by atoms with Crippen LogP contribution >= 0.6 is 11.3 Å². The molecule has 1 N–H and O–H groups in total. The molecular weight excluding hydrogens is 454 g/mol. The van der Waals surface area contributed by atoms with Gasteiger partial charge in [-0.3, -0.25) is 9.52 Å². The molecule has 8 heteroatoms. The zero-order valence-electron chi connectivity index (χ0n) is 18.7. The number of anilines is 1. The highest BCUT2D eigenvalue weighted by Crippen LogP contribution is 2.22. The topological polar surface area (TPSA) is 80.5 Å². The van der Waals surface area contributed by atoms with Crippen LogP contribution in [0.4, 0.5) is 5.69 Å². The van der Waals surface area contributed by atoms with E-state index < -0.39 is 10.0 Å². The second kappa shape index (κ2) is 9.33. The summed E-state index contributed by atoms with van der Waals surface area (Å²) in [6.45, 7) is 6.76. The first-order chi connectivity index (χ1) is 15.8. The van der Waals surface area contributed by atoms with Crippen LogP contribution in [0.3, 0.4) is 0 Å². The van der Waals surface area contributed by atoms with Crippen molar-refractivity contribution in [3.8, 4) is 0 Å². The number of benzene rings is 3. The van der Waals surface area contributed by atoms with Crippen LogP contribution in [0.5, 0.6) is 0 Å². The Balaban J connectivity index is 1.60. The Bertz CT molecular complexity index is 1480. The number of hydrogen-bond acceptors (Lipinski definition) is 4. The lowest BCUT2D eigenvalue weighted by molar-refractivity contribution is 0.0998. The van der Waals surface area contributed by atoms with E-state index >= 15 is 0 Å². The molecule has 3 aromatic carbocycles. The Morgan fingerprint density at radius 3 is 2.33 bits per heavy atom. The molecular formula is C25H25N3O3S2. The highest BCUT2D eigenvalue weighted by molar-refractivity contribution is 7.92. The second-order valence-corrected chi connectivity index (χ2v) is 10.4. The van der Waals surface area contributed by atoms with Crippen molar-refractivity contribution >= 4 is 43.2 Å². The lowest BCUT2D eigenvalue weighted by atomic mass is 10.1. The molecule has 0 fully saturated rings. The standard InChI is InChI=1S/C25H25N3O3S2/c1-4-18-7-6-8-22-23(18)28(5-2)25(32-22)26-24(29)19-11-13-20(14-12-19)27-33(30,31)21-15-9-17(3)10-16-21/h6-16,27H,4-5H2,1-3H3. The summed E-state index contributed by atoms with van der Waals surface area (Å²) in [5.74, 6) is -0.366. The minimum Gasteiger partial charge on any atom is -0.316 e. The van der Waals surface area contributed by atoms with Crippen molar-refractivity contribution in [3.63, 3.8) is 0 Å². The van der Waals surface area contributed by atoms with Gasteiger partial charge < -0.3 is 4.57 Å². The molecule has 1 amide bonds. The molecule has 6 nitrogen and oxygen atoms in total. The SMILES string of the molecule is CCc1cccc2sc(=NC(=O)c3ccc(NS(=O)(=O)c4ccc(C)cc4)cc3)n(CC)c12. The van der Waals surface area contributed by atoms with E-state index in [0.29, 0.717) is 22.6 Å². The van der Waals surface area contributed by atoms with E-state index in [1.54, 1.807) is 48.5 Å². The Kier molecular flexibility index (Phi) is 6.49. The van der Waals surface area contributed by atoms with Crippen molar-refractivity contribution in [1.29, 1.82) is 0 Å². The lowest BCUT2D eigenvalue weighted by Gasteiger charge is -2.08. The van der Waals surface area contributed by atoms with E-state index in [2.05, 4.69) is 27.3 Å². The number of nitrogens with zero attached hydrogens (tertiary/aromatic N) is 2. The summed E-state index contributed by atoms with van der Waals surface area (Å²) in [6, 6.07) is 19.1. The van der Waals surface area contributed by atoms with Crippen LogP contribution in [0.1, 0.15) is 35.3 Å². The number of carbonyl (C=O) groups excluding carboxylic acids is 1. The van der Waals surface area contributed by atoms with Gasteiger partial charge in [0, 0.05) is 17.8 Å². The maximum absolute atomic E-state index is 12.9. The molecule has 4 rings (SSSR count). The lowest BCUT2D eigenvalue weighted by Crippen LogP contribution is -2.16. The van der Waals surface area contributed by atoms with E-state index in [4.69, 9.17) is 0 Å². The first kappa shape index (κ1) is 22.9. The number of nitrogens with one attached hydrogen (secondary N) is 1. The number of aromatic nitrogens is 1. The van der Waals surface area contributed by atoms with Gasteiger partial charge in [-0.15, -0.1) is 0 Å². The normalized spacial score (nSPS) is 12.3. The van der Waals surface area contributed by atoms with Gasteiger partial charge in [0.25, 0.3) is 15.9 Å². The minimum atomic E-state index is -3.70. The molecule has 0 saturated carbocycles. The molecule has 0 spiro atoms. The van der Waals surface area contributed by atoms with Gasteiger partial charge in [0.05, 0.1) is 15.1 Å². The monoisotopic (exact) mass is 479 g/mol. The maximum Gasteiger partial charge on any atom is 0.279 e. The molecule has 0 aliphatic carbocycles. The highest BCUT2D eigenvalue weighted by atomic mass is 32.2. The van der Waals surface area contributed by atoms with E-state index in [1.165, 1.54) is 16.9 Å². The third kappa shape index (κ3) is 4.77. The van der Waals surface area contributed by atoms with Crippen LogP contribution < -0.4 is 9.52 Å². The van der Waals surface area contributed by atoms with Gasteiger partial charge >= 0.3 is 0 Å². The van der Waals surface area contributed by atoms with E-state index in [1.807, 2.05) is 26.0 Å². The Morgan fingerprint density at radius 1 is 1.00 bits per heavy atom. The Morgan fingerprint density at radius 2 is 1.70 bits per heavy atom. The van der Waals surface area contributed by atoms with Crippen molar-refractivity contribution in [1.82, 2.24) is 4.57 Å². The zero-order chi connectivity index (χ0) is 23.6. The summed E-state index contributed by atoms with van der Waals surface area (Å²) in [5, 5.41) is 0. The quantitative estimate of drug-likeness (QED) is 0.416. The minimum absolute atomic E-state index is 0.184. The molecule has 0 saturated heterocycles. The molecule has 1 heterocycles. The smallest absolute Gasteiger partial charge is 0.279 e. The molecule has 33 heavy (non-hydrogen) atoms. The molecule has 0 unspecified atom stereocenters. The van der Waals surface area contributed by atoms with Crippen molar-refractivity contribution in [2.75, 3.05) is 4.72 Å². The third-order valence-corrected chi connectivity index (χ3v) is 7.84. The van der Waals surface area contributed by atoms with Gasteiger partial charge in [-0.1, -0.05) is 48.1 Å². The van der Waals surface area contributed by atoms with E-state index in [0.717, 1.165) is 22.2 Å². The zero-order valence-corrected chi connectivity index (χ0v) is 20.3. The van der Waals surface area contributed by atoms with Crippen molar-refractivity contribution in [2.45, 2.75) is 38.6 Å². The van der Waals surface area contributed by atoms with Gasteiger partial charge in [0.15, 0.2) is 4.80 Å². The average Bonchev–Trinajstić information content (AvgIpc) is 3.16. The summed E-state index contributed by atoms with van der Waals surface area (Å²) in [5.41, 5.74) is 4.11. The molecule has 4 aromatic rings. The van der Waals surface area contributed by atoms with Crippen LogP contribution in [-0.4, -0.2) is 18.9 Å².